The van der Waals surface area contributed by atoms with Gasteiger partial charge in [0.2, 0.25) is 0 Å². The molecule has 5 rings (SSSR count). The van der Waals surface area contributed by atoms with Crippen LogP contribution in [0.3, 0.4) is 0 Å². The number of aromatic nitrogens is 4. The average Bonchev–Trinajstić information content (AvgIpc) is 3.21. The smallest absolute Gasteiger partial charge is 0.264 e. The van der Waals surface area contributed by atoms with Crippen molar-refractivity contribution < 1.29 is 13.6 Å². The summed E-state index contributed by atoms with van der Waals surface area (Å²) in [5.74, 6) is -0.295. The summed E-state index contributed by atoms with van der Waals surface area (Å²) in [6, 6.07) is 10.7. The van der Waals surface area contributed by atoms with Crippen molar-refractivity contribution in [3.63, 3.8) is 0 Å². The van der Waals surface area contributed by atoms with E-state index in [-0.39, 0.29) is 28.1 Å². The van der Waals surface area contributed by atoms with Crippen LogP contribution < -0.4 is 16.6 Å². The number of nitrogens with one attached hydrogen (secondary N) is 1. The predicted molar refractivity (Wildman–Crippen MR) is 131 cm³/mol. The first kappa shape index (κ1) is 22.7. The van der Waals surface area contributed by atoms with E-state index in [1.807, 2.05) is 0 Å². The van der Waals surface area contributed by atoms with Gasteiger partial charge in [-0.25, -0.2) is 18.3 Å². The van der Waals surface area contributed by atoms with Crippen molar-refractivity contribution in [2.24, 2.45) is 0 Å². The number of nitrogens with two attached hydrogens (primary N) is 1. The second-order valence-electron chi connectivity index (χ2n) is 8.07. The molecular formula is C26H18F2N6O2. The molecular weight excluding hydrogens is 466 g/mol. The van der Waals surface area contributed by atoms with Gasteiger partial charge < -0.3 is 11.1 Å². The van der Waals surface area contributed by atoms with Crippen LogP contribution in [0.5, 0.6) is 0 Å². The quantitative estimate of drug-likeness (QED) is 0.381. The summed E-state index contributed by atoms with van der Waals surface area (Å²) in [5.41, 5.74) is 6.48. The Bertz CT molecular complexity index is 1780. The van der Waals surface area contributed by atoms with Gasteiger partial charge in [-0.3, -0.25) is 14.2 Å². The van der Waals surface area contributed by atoms with E-state index in [2.05, 4.69) is 21.3 Å². The molecule has 36 heavy (non-hydrogen) atoms. The lowest BCUT2D eigenvalue weighted by atomic mass is 10.0. The molecule has 1 atom stereocenters. The van der Waals surface area contributed by atoms with E-state index in [1.54, 1.807) is 43.5 Å². The normalized spacial score (nSPS) is 11.9. The third kappa shape index (κ3) is 3.63. The minimum Gasteiger partial charge on any atom is -0.381 e. The van der Waals surface area contributed by atoms with Gasteiger partial charge in [0.1, 0.15) is 5.56 Å². The summed E-state index contributed by atoms with van der Waals surface area (Å²) < 4.78 is 30.4. The molecule has 3 N–H and O–H groups in total. The minimum atomic E-state index is -1.13. The first-order chi connectivity index (χ1) is 17.3. The Morgan fingerprint density at radius 2 is 1.97 bits per heavy atom. The molecule has 0 aliphatic rings. The minimum absolute atomic E-state index is 0.0198. The molecule has 0 aliphatic heterocycles. The van der Waals surface area contributed by atoms with Gasteiger partial charge in [0, 0.05) is 29.7 Å². The lowest BCUT2D eigenvalue weighted by molar-refractivity contribution is 0.0941. The summed E-state index contributed by atoms with van der Waals surface area (Å²) >= 11 is 0. The van der Waals surface area contributed by atoms with Crippen molar-refractivity contribution in [2.75, 3.05) is 5.73 Å². The average molecular weight is 484 g/mol. The molecule has 8 nitrogen and oxygen atoms in total. The standard InChI is InChI=1S/C26H18F2N6O2/c1-3-15-6-4-7-16-12-20(34(26(36)21(15)16)17-8-9-18(27)19(28)13-17)14(2)31-25(35)22-23(29)32-33-11-5-10-30-24(22)33/h1,4-14H,2H3,(H2,29,32)(H,31,35)/t14-/m0/s1. The fraction of sp³-hybridized carbons (Fsp3) is 0.0769. The Balaban J connectivity index is 1.68. The Morgan fingerprint density at radius 1 is 1.17 bits per heavy atom. The number of carbonyl (C=O) groups excluding carboxylic acids is 1. The third-order valence-electron chi connectivity index (χ3n) is 5.83. The number of carbonyl (C=O) groups is 1. The van der Waals surface area contributed by atoms with Gasteiger partial charge >= 0.3 is 0 Å². The van der Waals surface area contributed by atoms with E-state index in [0.29, 0.717) is 16.6 Å². The van der Waals surface area contributed by atoms with Crippen LogP contribution in [0.1, 0.15) is 34.6 Å². The predicted octanol–water partition coefficient (Wildman–Crippen LogP) is 3.37. The molecule has 0 spiro atoms. The maximum atomic E-state index is 14.2. The van der Waals surface area contributed by atoms with Gasteiger partial charge in [-0.05, 0) is 42.6 Å². The van der Waals surface area contributed by atoms with E-state index in [1.165, 1.54) is 21.3 Å². The van der Waals surface area contributed by atoms with E-state index < -0.39 is 29.1 Å². The van der Waals surface area contributed by atoms with Crippen molar-refractivity contribution >= 4 is 28.1 Å². The number of halogens is 2. The van der Waals surface area contributed by atoms with Gasteiger partial charge in [-0.2, -0.15) is 0 Å². The maximum absolute atomic E-state index is 14.2. The second-order valence-corrected chi connectivity index (χ2v) is 8.07. The highest BCUT2D eigenvalue weighted by Gasteiger charge is 2.24. The highest BCUT2D eigenvalue weighted by molar-refractivity contribution is 6.04. The van der Waals surface area contributed by atoms with Crippen molar-refractivity contribution in [3.8, 4) is 18.0 Å². The molecule has 0 saturated carbocycles. The molecule has 0 unspecified atom stereocenters. The molecule has 3 heterocycles. The Morgan fingerprint density at radius 3 is 2.72 bits per heavy atom. The van der Waals surface area contributed by atoms with Crippen molar-refractivity contribution in [3.05, 3.63) is 99.7 Å². The molecule has 0 aliphatic carbocycles. The van der Waals surface area contributed by atoms with Gasteiger partial charge in [0.25, 0.3) is 11.5 Å². The van der Waals surface area contributed by atoms with Gasteiger partial charge in [-0.15, -0.1) is 11.5 Å². The van der Waals surface area contributed by atoms with Gasteiger partial charge in [0.15, 0.2) is 23.1 Å². The zero-order chi connectivity index (χ0) is 25.6. The van der Waals surface area contributed by atoms with Crippen LogP contribution in [0, 0.1) is 24.0 Å². The van der Waals surface area contributed by atoms with Crippen LogP contribution in [-0.4, -0.2) is 25.1 Å². The van der Waals surface area contributed by atoms with Gasteiger partial charge in [-0.1, -0.05) is 18.1 Å². The van der Waals surface area contributed by atoms with Crippen molar-refractivity contribution in [1.82, 2.24) is 24.5 Å². The van der Waals surface area contributed by atoms with E-state index >= 15 is 0 Å². The summed E-state index contributed by atoms with van der Waals surface area (Å²) in [4.78, 5) is 31.0. The number of pyridine rings is 1. The number of benzene rings is 2. The van der Waals surface area contributed by atoms with Crippen LogP contribution in [-0.2, 0) is 0 Å². The van der Waals surface area contributed by atoms with Crippen LogP contribution in [0.25, 0.3) is 22.1 Å². The molecule has 0 bridgehead atoms. The zero-order valence-corrected chi connectivity index (χ0v) is 18.9. The molecule has 3 aromatic heterocycles. The number of amides is 1. The van der Waals surface area contributed by atoms with Crippen molar-refractivity contribution in [2.45, 2.75) is 13.0 Å². The largest absolute Gasteiger partial charge is 0.381 e. The van der Waals surface area contributed by atoms with Crippen LogP contribution >= 0.6 is 0 Å². The van der Waals surface area contributed by atoms with Gasteiger partial charge in [0.05, 0.1) is 17.1 Å². The number of nitrogen functional groups attached to an aromatic ring is 1. The van der Waals surface area contributed by atoms with E-state index in [0.717, 1.165) is 12.1 Å². The number of hydrogen-bond acceptors (Lipinski definition) is 5. The molecule has 1 amide bonds. The molecule has 2 aromatic carbocycles. The third-order valence-corrected chi connectivity index (χ3v) is 5.83. The first-order valence-corrected chi connectivity index (χ1v) is 10.8. The highest BCUT2D eigenvalue weighted by atomic mass is 19.2. The molecule has 0 fully saturated rings. The lowest BCUT2D eigenvalue weighted by Crippen LogP contribution is -2.32. The number of terminal acetylenes is 1. The molecule has 5 aromatic rings. The molecule has 178 valence electrons. The Labute approximate surface area is 203 Å². The number of hydrogen-bond donors (Lipinski definition) is 2. The molecule has 0 saturated heterocycles. The molecule has 10 heteroatoms. The van der Waals surface area contributed by atoms with Crippen LogP contribution in [0.2, 0.25) is 0 Å². The summed E-state index contributed by atoms with van der Waals surface area (Å²) in [7, 11) is 0. The first-order valence-electron chi connectivity index (χ1n) is 10.8. The second kappa shape index (κ2) is 8.63. The summed E-state index contributed by atoms with van der Waals surface area (Å²) in [6.45, 7) is 1.65. The maximum Gasteiger partial charge on any atom is 0.264 e. The number of rotatable bonds is 4. The van der Waals surface area contributed by atoms with Crippen LogP contribution in [0.15, 0.2) is 65.7 Å². The number of fused-ring (bicyclic) bond motifs is 2. The number of anilines is 1. The zero-order valence-electron chi connectivity index (χ0n) is 18.9. The van der Waals surface area contributed by atoms with Crippen molar-refractivity contribution in [1.29, 1.82) is 0 Å². The fourth-order valence-electron chi connectivity index (χ4n) is 4.18. The van der Waals surface area contributed by atoms with E-state index in [4.69, 9.17) is 12.2 Å². The Hall–Kier alpha value is -5.04. The summed E-state index contributed by atoms with van der Waals surface area (Å²) in [5, 5.41) is 7.67. The topological polar surface area (TPSA) is 107 Å². The summed E-state index contributed by atoms with van der Waals surface area (Å²) in [6.07, 6.45) is 8.71. The van der Waals surface area contributed by atoms with E-state index in [9.17, 15) is 18.4 Å². The Kier molecular flexibility index (Phi) is 5.45. The SMILES string of the molecule is C#Cc1cccc2cc([C@H](C)NC(=O)c3c(N)nn4cccnc34)n(-c3ccc(F)c(F)c3)c(=O)c12. The highest BCUT2D eigenvalue weighted by Crippen LogP contribution is 2.25. The number of nitrogens with zero attached hydrogens (tertiary/aromatic N) is 4. The monoisotopic (exact) mass is 484 g/mol. The van der Waals surface area contributed by atoms with Crippen LogP contribution in [0.4, 0.5) is 14.6 Å². The lowest BCUT2D eigenvalue weighted by Gasteiger charge is -2.21. The molecule has 0 radical (unpaired) electrons. The fourth-order valence-corrected chi connectivity index (χ4v) is 4.18.